The van der Waals surface area contributed by atoms with Crippen LogP contribution >= 0.6 is 0 Å². The number of rotatable bonds is 2. The SMILES string of the molecule is COc1cc(C)cc(C)c1-c1cc(C#N)c(C)n1C. The molecule has 0 unspecified atom stereocenters. The summed E-state index contributed by atoms with van der Waals surface area (Å²) < 4.78 is 7.54. The highest BCUT2D eigenvalue weighted by molar-refractivity contribution is 5.74. The van der Waals surface area contributed by atoms with E-state index in [0.717, 1.165) is 28.3 Å². The van der Waals surface area contributed by atoms with E-state index in [1.54, 1.807) is 7.11 Å². The molecule has 0 saturated heterocycles. The van der Waals surface area contributed by atoms with Crippen LogP contribution in [0.3, 0.4) is 0 Å². The lowest BCUT2D eigenvalue weighted by Gasteiger charge is -2.14. The van der Waals surface area contributed by atoms with Crippen LogP contribution in [0.2, 0.25) is 0 Å². The smallest absolute Gasteiger partial charge is 0.128 e. The number of aryl methyl sites for hydroxylation is 2. The fourth-order valence-corrected chi connectivity index (χ4v) is 2.47. The van der Waals surface area contributed by atoms with Crippen LogP contribution in [-0.2, 0) is 7.05 Å². The van der Waals surface area contributed by atoms with Gasteiger partial charge in [-0.1, -0.05) is 6.07 Å². The lowest BCUT2D eigenvalue weighted by Crippen LogP contribution is -1.98. The number of hydrogen-bond acceptors (Lipinski definition) is 2. The molecule has 0 aliphatic carbocycles. The summed E-state index contributed by atoms with van der Waals surface area (Å²) in [5.41, 5.74) is 6.08. The van der Waals surface area contributed by atoms with Crippen molar-refractivity contribution in [2.24, 2.45) is 7.05 Å². The van der Waals surface area contributed by atoms with Gasteiger partial charge in [0.05, 0.1) is 18.4 Å². The summed E-state index contributed by atoms with van der Waals surface area (Å²) in [6.45, 7) is 6.08. The molecule has 0 saturated carbocycles. The average Bonchev–Trinajstić information content (AvgIpc) is 2.65. The van der Waals surface area contributed by atoms with Gasteiger partial charge in [0.15, 0.2) is 0 Å². The molecule has 0 fully saturated rings. The summed E-state index contributed by atoms with van der Waals surface area (Å²) in [6.07, 6.45) is 0. The molecule has 0 aliphatic rings. The first-order chi connectivity index (χ1) is 8.99. The molecular formula is C16H18N2O. The van der Waals surface area contributed by atoms with Crippen molar-refractivity contribution >= 4 is 0 Å². The lowest BCUT2D eigenvalue weighted by molar-refractivity contribution is 0.415. The highest BCUT2D eigenvalue weighted by Gasteiger charge is 2.16. The molecule has 1 aromatic heterocycles. The van der Waals surface area contributed by atoms with E-state index in [0.29, 0.717) is 5.56 Å². The molecule has 1 heterocycles. The van der Waals surface area contributed by atoms with Gasteiger partial charge in [0.25, 0.3) is 0 Å². The Hall–Kier alpha value is -2.21. The van der Waals surface area contributed by atoms with Crippen molar-refractivity contribution in [1.29, 1.82) is 5.26 Å². The normalized spacial score (nSPS) is 10.3. The molecule has 0 amide bonds. The minimum absolute atomic E-state index is 0.708. The minimum atomic E-state index is 0.708. The van der Waals surface area contributed by atoms with Crippen molar-refractivity contribution in [3.63, 3.8) is 0 Å². The van der Waals surface area contributed by atoms with Gasteiger partial charge in [-0.25, -0.2) is 0 Å². The van der Waals surface area contributed by atoms with Gasteiger partial charge < -0.3 is 9.30 Å². The largest absolute Gasteiger partial charge is 0.496 e. The molecule has 0 N–H and O–H groups in total. The average molecular weight is 254 g/mol. The molecule has 2 aromatic rings. The van der Waals surface area contributed by atoms with E-state index in [-0.39, 0.29) is 0 Å². The number of nitrogens with zero attached hydrogens (tertiary/aromatic N) is 2. The summed E-state index contributed by atoms with van der Waals surface area (Å²) in [4.78, 5) is 0. The number of hydrogen-bond donors (Lipinski definition) is 0. The van der Waals surface area contributed by atoms with Crippen LogP contribution in [0.5, 0.6) is 5.75 Å². The molecule has 0 atom stereocenters. The van der Waals surface area contributed by atoms with E-state index in [1.807, 2.05) is 30.7 Å². The monoisotopic (exact) mass is 254 g/mol. The van der Waals surface area contributed by atoms with Crippen LogP contribution in [0.1, 0.15) is 22.4 Å². The van der Waals surface area contributed by atoms with Crippen LogP contribution in [0.4, 0.5) is 0 Å². The Morgan fingerprint density at radius 3 is 2.37 bits per heavy atom. The second-order valence-corrected chi connectivity index (χ2v) is 4.86. The van der Waals surface area contributed by atoms with Gasteiger partial charge in [-0.3, -0.25) is 0 Å². The van der Waals surface area contributed by atoms with Gasteiger partial charge in [-0.2, -0.15) is 5.26 Å². The zero-order chi connectivity index (χ0) is 14.2. The second-order valence-electron chi connectivity index (χ2n) is 4.86. The van der Waals surface area contributed by atoms with Crippen LogP contribution in [0.25, 0.3) is 11.3 Å². The molecule has 0 bridgehead atoms. The molecular weight excluding hydrogens is 236 g/mol. The van der Waals surface area contributed by atoms with Gasteiger partial charge in [0, 0.05) is 18.3 Å². The van der Waals surface area contributed by atoms with Crippen molar-refractivity contribution in [3.8, 4) is 23.1 Å². The van der Waals surface area contributed by atoms with E-state index in [1.165, 1.54) is 5.56 Å². The van der Waals surface area contributed by atoms with Gasteiger partial charge >= 0.3 is 0 Å². The zero-order valence-electron chi connectivity index (χ0n) is 12.0. The minimum Gasteiger partial charge on any atom is -0.496 e. The Labute approximate surface area is 114 Å². The number of aromatic nitrogens is 1. The van der Waals surface area contributed by atoms with E-state index in [4.69, 9.17) is 10.00 Å². The molecule has 0 aliphatic heterocycles. The highest BCUT2D eigenvalue weighted by Crippen LogP contribution is 2.36. The van der Waals surface area contributed by atoms with Gasteiger partial charge in [-0.15, -0.1) is 0 Å². The highest BCUT2D eigenvalue weighted by atomic mass is 16.5. The molecule has 2 rings (SSSR count). The van der Waals surface area contributed by atoms with E-state index < -0.39 is 0 Å². The van der Waals surface area contributed by atoms with Gasteiger partial charge in [-0.05, 0) is 44.0 Å². The quantitative estimate of drug-likeness (QED) is 0.822. The van der Waals surface area contributed by atoms with E-state index in [2.05, 4.69) is 26.0 Å². The third kappa shape index (κ3) is 2.10. The van der Waals surface area contributed by atoms with Crippen molar-refractivity contribution in [2.45, 2.75) is 20.8 Å². The summed E-state index contributed by atoms with van der Waals surface area (Å²) in [5.74, 6) is 0.850. The number of nitriles is 1. The molecule has 1 aromatic carbocycles. The molecule has 0 spiro atoms. The predicted molar refractivity (Wildman–Crippen MR) is 76.3 cm³/mol. The van der Waals surface area contributed by atoms with Gasteiger partial charge in [0.2, 0.25) is 0 Å². The molecule has 3 heteroatoms. The molecule has 98 valence electrons. The second kappa shape index (κ2) is 4.81. The third-order valence-electron chi connectivity index (χ3n) is 3.58. The maximum Gasteiger partial charge on any atom is 0.128 e. The maximum atomic E-state index is 9.15. The van der Waals surface area contributed by atoms with Crippen LogP contribution in [0, 0.1) is 32.1 Å². The number of methoxy groups -OCH3 is 1. The van der Waals surface area contributed by atoms with E-state index >= 15 is 0 Å². The van der Waals surface area contributed by atoms with Crippen molar-refractivity contribution in [1.82, 2.24) is 4.57 Å². The first kappa shape index (κ1) is 13.2. The predicted octanol–water partition coefficient (Wildman–Crippen LogP) is 3.50. The summed E-state index contributed by atoms with van der Waals surface area (Å²) in [5, 5.41) is 9.15. The van der Waals surface area contributed by atoms with Crippen molar-refractivity contribution in [3.05, 3.63) is 40.6 Å². The van der Waals surface area contributed by atoms with Gasteiger partial charge in [0.1, 0.15) is 11.8 Å². The molecule has 3 nitrogen and oxygen atoms in total. The topological polar surface area (TPSA) is 37.9 Å². The Bertz CT molecular complexity index is 675. The third-order valence-corrected chi connectivity index (χ3v) is 3.58. The molecule has 19 heavy (non-hydrogen) atoms. The maximum absolute atomic E-state index is 9.15. The lowest BCUT2D eigenvalue weighted by atomic mass is 10.0. The summed E-state index contributed by atoms with van der Waals surface area (Å²) in [6, 6.07) is 8.31. The van der Waals surface area contributed by atoms with Crippen molar-refractivity contribution < 1.29 is 4.74 Å². The van der Waals surface area contributed by atoms with Crippen LogP contribution in [0.15, 0.2) is 18.2 Å². The molecule has 0 radical (unpaired) electrons. The Morgan fingerprint density at radius 2 is 1.84 bits per heavy atom. The fraction of sp³-hybridized carbons (Fsp3) is 0.312. The Balaban J connectivity index is 2.76. The first-order valence-electron chi connectivity index (χ1n) is 6.21. The van der Waals surface area contributed by atoms with Crippen LogP contribution in [-0.4, -0.2) is 11.7 Å². The van der Waals surface area contributed by atoms with Crippen molar-refractivity contribution in [2.75, 3.05) is 7.11 Å². The first-order valence-corrected chi connectivity index (χ1v) is 6.21. The number of benzene rings is 1. The number of ether oxygens (including phenoxy) is 1. The summed E-state index contributed by atoms with van der Waals surface area (Å²) >= 11 is 0. The van der Waals surface area contributed by atoms with E-state index in [9.17, 15) is 0 Å². The summed E-state index contributed by atoms with van der Waals surface area (Å²) in [7, 11) is 3.66. The Kier molecular flexibility index (Phi) is 3.35. The fourth-order valence-electron chi connectivity index (χ4n) is 2.47. The standard InChI is InChI=1S/C16H18N2O/c1-10-6-11(2)16(15(7-10)19-5)14-8-13(9-17)12(3)18(14)4/h6-8H,1-5H3. The Morgan fingerprint density at radius 1 is 1.16 bits per heavy atom. The van der Waals surface area contributed by atoms with Crippen LogP contribution < -0.4 is 4.74 Å². The zero-order valence-corrected chi connectivity index (χ0v) is 12.0.